The molecule has 3 heterocycles. The molecule has 0 aliphatic carbocycles. The van der Waals surface area contributed by atoms with Crippen LogP contribution >= 0.6 is 0 Å². The molecule has 0 radical (unpaired) electrons. The number of hydrogen-bond donors (Lipinski definition) is 1. The van der Waals surface area contributed by atoms with Crippen LogP contribution in [0, 0.1) is 0 Å². The van der Waals surface area contributed by atoms with Crippen LogP contribution in [0.1, 0.15) is 36.7 Å². The fraction of sp³-hybridized carbons (Fsp3) is 0.611. The second kappa shape index (κ2) is 7.49. The van der Waals surface area contributed by atoms with Gasteiger partial charge in [0.1, 0.15) is 11.8 Å². The van der Waals surface area contributed by atoms with Crippen molar-refractivity contribution in [3.05, 3.63) is 24.0 Å². The Morgan fingerprint density at radius 1 is 1.32 bits per heavy atom. The molecule has 3 rings (SSSR count). The normalized spacial score (nSPS) is 26.2. The van der Waals surface area contributed by atoms with E-state index < -0.39 is 6.10 Å². The number of likely N-dealkylation sites (N-methyl/N-ethyl adjacent to an activating group) is 1. The summed E-state index contributed by atoms with van der Waals surface area (Å²) in [4.78, 5) is 33.1. The molecular formula is C18H26N4O3. The summed E-state index contributed by atoms with van der Waals surface area (Å²) < 4.78 is 5.58. The van der Waals surface area contributed by atoms with Gasteiger partial charge >= 0.3 is 0 Å². The quantitative estimate of drug-likeness (QED) is 0.891. The molecule has 2 aliphatic rings. The molecule has 3 unspecified atom stereocenters. The Kier molecular flexibility index (Phi) is 5.34. The summed E-state index contributed by atoms with van der Waals surface area (Å²) in [6.07, 6.45) is 3.84. The lowest BCUT2D eigenvalue weighted by Gasteiger charge is -2.20. The zero-order chi connectivity index (χ0) is 18.0. The first-order chi connectivity index (χ1) is 11.9. The minimum absolute atomic E-state index is 0.0915. The van der Waals surface area contributed by atoms with E-state index in [0.29, 0.717) is 24.0 Å². The molecule has 136 valence electrons. The summed E-state index contributed by atoms with van der Waals surface area (Å²) in [5.41, 5.74) is 0.938. The van der Waals surface area contributed by atoms with Gasteiger partial charge in [0.05, 0.1) is 6.10 Å². The van der Waals surface area contributed by atoms with E-state index in [0.717, 1.165) is 25.8 Å². The van der Waals surface area contributed by atoms with Crippen LogP contribution in [-0.4, -0.2) is 72.0 Å². The lowest BCUT2D eigenvalue weighted by Crippen LogP contribution is -2.35. The number of nitrogens with zero attached hydrogens (tertiary/aromatic N) is 3. The molecule has 25 heavy (non-hydrogen) atoms. The summed E-state index contributed by atoms with van der Waals surface area (Å²) in [7, 11) is 4.05. The van der Waals surface area contributed by atoms with Gasteiger partial charge in [0.25, 0.3) is 11.8 Å². The van der Waals surface area contributed by atoms with Crippen molar-refractivity contribution in [3.63, 3.8) is 0 Å². The molecule has 2 amide bonds. The van der Waals surface area contributed by atoms with E-state index in [2.05, 4.69) is 15.2 Å². The molecule has 0 bridgehead atoms. The number of rotatable bonds is 4. The molecular weight excluding hydrogens is 320 g/mol. The number of likely N-dealkylation sites (tertiary alicyclic amines) is 1. The number of amides is 2. The molecule has 0 spiro atoms. The topological polar surface area (TPSA) is 74.8 Å². The van der Waals surface area contributed by atoms with E-state index in [4.69, 9.17) is 4.74 Å². The highest BCUT2D eigenvalue weighted by Gasteiger charge is 2.30. The summed E-state index contributed by atoms with van der Waals surface area (Å²) in [5.74, 6) is -0.256. The third-order valence-corrected chi connectivity index (χ3v) is 4.95. The van der Waals surface area contributed by atoms with E-state index in [1.165, 1.54) is 0 Å². The number of carbonyl (C=O) groups excluding carboxylic acids is 2. The van der Waals surface area contributed by atoms with Gasteiger partial charge in [-0.1, -0.05) is 0 Å². The largest absolute Gasteiger partial charge is 0.365 e. The van der Waals surface area contributed by atoms with Gasteiger partial charge < -0.3 is 19.9 Å². The maximum atomic E-state index is 12.7. The molecule has 2 fully saturated rings. The fourth-order valence-electron chi connectivity index (χ4n) is 3.35. The van der Waals surface area contributed by atoms with E-state index in [1.54, 1.807) is 18.3 Å². The average Bonchev–Trinajstić information content (AvgIpc) is 3.23. The van der Waals surface area contributed by atoms with Gasteiger partial charge in [-0.05, 0) is 52.4 Å². The average molecular weight is 346 g/mol. The third kappa shape index (κ3) is 4.16. The molecule has 1 N–H and O–H groups in total. The van der Waals surface area contributed by atoms with Crippen molar-refractivity contribution < 1.29 is 14.3 Å². The van der Waals surface area contributed by atoms with Crippen molar-refractivity contribution in [3.8, 4) is 0 Å². The maximum absolute atomic E-state index is 12.7. The zero-order valence-corrected chi connectivity index (χ0v) is 15.1. The Balaban J connectivity index is 1.63. The number of hydrogen-bond acceptors (Lipinski definition) is 5. The molecule has 0 saturated carbocycles. The first kappa shape index (κ1) is 17.8. The van der Waals surface area contributed by atoms with Crippen LogP contribution in [0.5, 0.6) is 0 Å². The second-order valence-electron chi connectivity index (χ2n) is 7.09. The van der Waals surface area contributed by atoms with Crippen LogP contribution in [0.25, 0.3) is 0 Å². The standard InChI is InChI=1S/C18H26N4O3/c1-12-4-5-16(25-12)17(23)20-13-6-8-19-15(10-13)18(24)22-9-7-14(11-22)21(2)3/h6,8,10,12,14,16H,4-5,7,9,11H2,1-3H3,(H,19,20,23). The van der Waals surface area contributed by atoms with Gasteiger partial charge in [0, 0.05) is 31.0 Å². The zero-order valence-electron chi connectivity index (χ0n) is 15.1. The number of anilines is 1. The molecule has 2 aliphatic heterocycles. The van der Waals surface area contributed by atoms with Crippen LogP contribution in [-0.2, 0) is 9.53 Å². The van der Waals surface area contributed by atoms with Gasteiger partial charge in [-0.15, -0.1) is 0 Å². The van der Waals surface area contributed by atoms with Crippen molar-refractivity contribution in [1.82, 2.24) is 14.8 Å². The summed E-state index contributed by atoms with van der Waals surface area (Å²) >= 11 is 0. The van der Waals surface area contributed by atoms with Crippen molar-refractivity contribution in [2.24, 2.45) is 0 Å². The highest BCUT2D eigenvalue weighted by molar-refractivity contribution is 5.97. The van der Waals surface area contributed by atoms with Crippen LogP contribution in [0.2, 0.25) is 0 Å². The van der Waals surface area contributed by atoms with Gasteiger partial charge in [-0.2, -0.15) is 0 Å². The molecule has 3 atom stereocenters. The predicted molar refractivity (Wildman–Crippen MR) is 94.4 cm³/mol. The molecule has 7 heteroatoms. The van der Waals surface area contributed by atoms with Crippen LogP contribution in [0.15, 0.2) is 18.3 Å². The van der Waals surface area contributed by atoms with Crippen LogP contribution < -0.4 is 5.32 Å². The molecule has 7 nitrogen and oxygen atoms in total. The number of aromatic nitrogens is 1. The number of pyridine rings is 1. The Hall–Kier alpha value is -1.99. The smallest absolute Gasteiger partial charge is 0.272 e. The number of ether oxygens (including phenoxy) is 1. The van der Waals surface area contributed by atoms with Crippen molar-refractivity contribution >= 4 is 17.5 Å². The Morgan fingerprint density at radius 3 is 2.76 bits per heavy atom. The molecule has 2 saturated heterocycles. The van der Waals surface area contributed by atoms with Gasteiger partial charge in [-0.3, -0.25) is 14.6 Å². The number of carbonyl (C=O) groups is 2. The summed E-state index contributed by atoms with van der Waals surface area (Å²) in [5, 5.41) is 2.83. The Morgan fingerprint density at radius 2 is 2.12 bits per heavy atom. The minimum Gasteiger partial charge on any atom is -0.365 e. The Labute approximate surface area is 148 Å². The van der Waals surface area contributed by atoms with Gasteiger partial charge in [0.2, 0.25) is 0 Å². The van der Waals surface area contributed by atoms with E-state index in [-0.39, 0.29) is 17.9 Å². The minimum atomic E-state index is -0.415. The first-order valence-electron chi connectivity index (χ1n) is 8.82. The van der Waals surface area contributed by atoms with Crippen LogP contribution in [0.4, 0.5) is 5.69 Å². The lowest BCUT2D eigenvalue weighted by atomic mass is 10.2. The SMILES string of the molecule is CC1CCC(C(=O)Nc2ccnc(C(=O)N3CCC(N(C)C)C3)c2)O1. The third-order valence-electron chi connectivity index (χ3n) is 4.95. The van der Waals surface area contributed by atoms with E-state index >= 15 is 0 Å². The maximum Gasteiger partial charge on any atom is 0.272 e. The lowest BCUT2D eigenvalue weighted by molar-refractivity contribution is -0.126. The van der Waals surface area contributed by atoms with Crippen molar-refractivity contribution in [2.45, 2.75) is 44.4 Å². The van der Waals surface area contributed by atoms with Crippen molar-refractivity contribution in [1.29, 1.82) is 0 Å². The molecule has 1 aromatic rings. The van der Waals surface area contributed by atoms with Crippen LogP contribution in [0.3, 0.4) is 0 Å². The summed E-state index contributed by atoms with van der Waals surface area (Å²) in [6, 6.07) is 3.72. The highest BCUT2D eigenvalue weighted by Crippen LogP contribution is 2.21. The second-order valence-corrected chi connectivity index (χ2v) is 7.09. The van der Waals surface area contributed by atoms with E-state index in [9.17, 15) is 9.59 Å². The highest BCUT2D eigenvalue weighted by atomic mass is 16.5. The van der Waals surface area contributed by atoms with Crippen molar-refractivity contribution in [2.75, 3.05) is 32.5 Å². The van der Waals surface area contributed by atoms with E-state index in [1.807, 2.05) is 25.9 Å². The number of nitrogens with one attached hydrogen (secondary N) is 1. The Bertz CT molecular complexity index is 649. The monoisotopic (exact) mass is 346 g/mol. The predicted octanol–water partition coefficient (Wildman–Crippen LogP) is 1.36. The molecule has 0 aromatic carbocycles. The molecule has 1 aromatic heterocycles. The van der Waals surface area contributed by atoms with Gasteiger partial charge in [0.15, 0.2) is 0 Å². The first-order valence-corrected chi connectivity index (χ1v) is 8.82. The van der Waals surface area contributed by atoms with Gasteiger partial charge in [-0.25, -0.2) is 0 Å². The summed E-state index contributed by atoms with van der Waals surface area (Å²) in [6.45, 7) is 3.40. The fourth-order valence-corrected chi connectivity index (χ4v) is 3.35.